The molecule has 0 aliphatic heterocycles. The number of nitrogens with two attached hydrogens (primary N) is 1. The van der Waals surface area contributed by atoms with Crippen LogP contribution in [0.3, 0.4) is 0 Å². The van der Waals surface area contributed by atoms with Crippen molar-refractivity contribution in [1.82, 2.24) is 9.97 Å². The number of nitrogens with one attached hydrogen (secondary N) is 1. The maximum absolute atomic E-state index is 5.62. The zero-order chi connectivity index (χ0) is 14.5. The molecule has 1 heterocycles. The number of rotatable bonds is 7. The summed E-state index contributed by atoms with van der Waals surface area (Å²) in [6.45, 7) is 7.16. The number of thiocarbonyl (C=S) groups is 1. The number of hydrogen-bond acceptors (Lipinski definition) is 5. The van der Waals surface area contributed by atoms with Gasteiger partial charge < -0.3 is 11.1 Å². The van der Waals surface area contributed by atoms with Gasteiger partial charge >= 0.3 is 0 Å². The largest absolute Gasteiger partial charge is 0.388 e. The zero-order valence-corrected chi connectivity index (χ0v) is 13.6. The lowest BCUT2D eigenvalue weighted by molar-refractivity contribution is 0.573. The van der Waals surface area contributed by atoms with E-state index in [9.17, 15) is 0 Å². The summed E-state index contributed by atoms with van der Waals surface area (Å²) in [5.41, 5.74) is 7.10. The van der Waals surface area contributed by atoms with Gasteiger partial charge in [-0.3, -0.25) is 0 Å². The Morgan fingerprint density at radius 2 is 2.05 bits per heavy atom. The second kappa shape index (κ2) is 7.05. The van der Waals surface area contributed by atoms with Gasteiger partial charge in [-0.25, -0.2) is 9.97 Å². The second-order valence-electron chi connectivity index (χ2n) is 4.53. The molecule has 3 N–H and O–H groups in total. The summed E-state index contributed by atoms with van der Waals surface area (Å²) >= 11 is 6.85. The molecule has 0 aliphatic carbocycles. The summed E-state index contributed by atoms with van der Waals surface area (Å²) in [5, 5.41) is 3.32. The van der Waals surface area contributed by atoms with Crippen LogP contribution in [0.5, 0.6) is 0 Å². The van der Waals surface area contributed by atoms with E-state index in [2.05, 4.69) is 35.4 Å². The van der Waals surface area contributed by atoms with E-state index in [0.717, 1.165) is 25.1 Å². The van der Waals surface area contributed by atoms with Crippen molar-refractivity contribution in [2.45, 2.75) is 38.4 Å². The Bertz CT molecular complexity index is 436. The monoisotopic (exact) mass is 298 g/mol. The maximum Gasteiger partial charge on any atom is 0.223 e. The van der Waals surface area contributed by atoms with Crippen molar-refractivity contribution in [2.75, 3.05) is 18.1 Å². The van der Waals surface area contributed by atoms with Crippen LogP contribution in [0.1, 0.15) is 38.1 Å². The van der Waals surface area contributed by atoms with Crippen molar-refractivity contribution >= 4 is 34.9 Å². The lowest BCUT2D eigenvalue weighted by Gasteiger charge is -2.29. The van der Waals surface area contributed by atoms with Crippen molar-refractivity contribution in [3.8, 4) is 0 Å². The summed E-state index contributed by atoms with van der Waals surface area (Å²) in [7, 11) is 0. The van der Waals surface area contributed by atoms with Crippen molar-refractivity contribution < 1.29 is 0 Å². The molecule has 0 amide bonds. The van der Waals surface area contributed by atoms with E-state index in [1.807, 2.05) is 18.7 Å². The quantitative estimate of drug-likeness (QED) is 0.755. The molecule has 4 nitrogen and oxygen atoms in total. The maximum atomic E-state index is 5.62. The summed E-state index contributed by atoms with van der Waals surface area (Å²) in [4.78, 5) is 9.02. The SMILES string of the molecule is CCC(CC)(CNc1nc(C)cc(C(N)=S)n1)SC. The Morgan fingerprint density at radius 3 is 2.53 bits per heavy atom. The van der Waals surface area contributed by atoms with Gasteiger partial charge in [0, 0.05) is 17.0 Å². The van der Waals surface area contributed by atoms with Gasteiger partial charge in [0.25, 0.3) is 0 Å². The average Bonchev–Trinajstić information content (AvgIpc) is 2.40. The molecule has 106 valence electrons. The number of thioether (sulfide) groups is 1. The molecule has 0 saturated heterocycles. The van der Waals surface area contributed by atoms with Gasteiger partial charge in [-0.05, 0) is 32.1 Å². The molecule has 0 bridgehead atoms. The van der Waals surface area contributed by atoms with E-state index < -0.39 is 0 Å². The van der Waals surface area contributed by atoms with Crippen LogP contribution in [0.15, 0.2) is 6.07 Å². The molecule has 0 unspecified atom stereocenters. The zero-order valence-electron chi connectivity index (χ0n) is 12.0. The van der Waals surface area contributed by atoms with E-state index >= 15 is 0 Å². The molecular formula is C13H22N4S2. The standard InChI is InChI=1S/C13H22N4S2/c1-5-13(6-2,19-4)8-15-12-16-9(3)7-10(17-12)11(14)18/h7H,5-6,8H2,1-4H3,(H2,14,18)(H,15,16,17). The van der Waals surface area contributed by atoms with Crippen molar-refractivity contribution in [3.05, 3.63) is 17.5 Å². The average molecular weight is 298 g/mol. The van der Waals surface area contributed by atoms with Gasteiger partial charge in [0.15, 0.2) is 0 Å². The van der Waals surface area contributed by atoms with Crippen LogP contribution in [-0.2, 0) is 0 Å². The Hall–Kier alpha value is -0.880. The van der Waals surface area contributed by atoms with Gasteiger partial charge in [-0.15, -0.1) is 0 Å². The lowest BCUT2D eigenvalue weighted by atomic mass is 10.0. The smallest absolute Gasteiger partial charge is 0.223 e. The van der Waals surface area contributed by atoms with Crippen LogP contribution >= 0.6 is 24.0 Å². The molecule has 6 heteroatoms. The number of anilines is 1. The summed E-state index contributed by atoms with van der Waals surface area (Å²) in [6.07, 6.45) is 4.35. The first kappa shape index (κ1) is 16.2. The lowest BCUT2D eigenvalue weighted by Crippen LogP contribution is -2.32. The molecule has 1 aromatic heterocycles. The van der Waals surface area contributed by atoms with Gasteiger partial charge in [0.05, 0.1) is 0 Å². The van der Waals surface area contributed by atoms with Gasteiger partial charge in [-0.1, -0.05) is 26.1 Å². The molecule has 0 saturated carbocycles. The summed E-state index contributed by atoms with van der Waals surface area (Å²) in [6, 6.07) is 1.80. The Labute approximate surface area is 125 Å². The summed E-state index contributed by atoms with van der Waals surface area (Å²) in [5.74, 6) is 0.600. The first-order valence-corrected chi connectivity index (χ1v) is 8.04. The van der Waals surface area contributed by atoms with E-state index in [0.29, 0.717) is 16.6 Å². The number of nitrogens with zero attached hydrogens (tertiary/aromatic N) is 2. The van der Waals surface area contributed by atoms with Crippen molar-refractivity contribution in [2.24, 2.45) is 5.73 Å². The van der Waals surface area contributed by atoms with Gasteiger partial charge in [0.2, 0.25) is 5.95 Å². The first-order valence-electron chi connectivity index (χ1n) is 6.41. The first-order chi connectivity index (χ1) is 8.96. The molecular weight excluding hydrogens is 276 g/mol. The third-order valence-corrected chi connectivity index (χ3v) is 5.19. The minimum Gasteiger partial charge on any atom is -0.388 e. The van der Waals surface area contributed by atoms with Crippen LogP contribution in [0.25, 0.3) is 0 Å². The topological polar surface area (TPSA) is 63.8 Å². The molecule has 0 aromatic carbocycles. The van der Waals surface area contributed by atoms with Gasteiger partial charge in [0.1, 0.15) is 10.7 Å². The molecule has 0 spiro atoms. The van der Waals surface area contributed by atoms with Crippen molar-refractivity contribution in [3.63, 3.8) is 0 Å². The highest BCUT2D eigenvalue weighted by Crippen LogP contribution is 2.30. The molecule has 0 radical (unpaired) electrons. The second-order valence-corrected chi connectivity index (χ2v) is 6.24. The van der Waals surface area contributed by atoms with E-state index in [1.165, 1.54) is 0 Å². The van der Waals surface area contributed by atoms with Crippen LogP contribution in [0, 0.1) is 6.92 Å². The van der Waals surface area contributed by atoms with Crippen LogP contribution in [0.4, 0.5) is 5.95 Å². The van der Waals surface area contributed by atoms with E-state index in [1.54, 1.807) is 6.07 Å². The fraction of sp³-hybridized carbons (Fsp3) is 0.615. The van der Waals surface area contributed by atoms with Crippen LogP contribution in [-0.4, -0.2) is 32.5 Å². The highest BCUT2D eigenvalue weighted by Gasteiger charge is 2.24. The minimum atomic E-state index is 0.219. The predicted molar refractivity (Wildman–Crippen MR) is 88.0 cm³/mol. The van der Waals surface area contributed by atoms with Crippen molar-refractivity contribution in [1.29, 1.82) is 0 Å². The Morgan fingerprint density at radius 1 is 1.42 bits per heavy atom. The molecule has 0 atom stereocenters. The molecule has 0 aliphatic rings. The fourth-order valence-corrected chi connectivity index (χ4v) is 2.77. The molecule has 1 aromatic rings. The van der Waals surface area contributed by atoms with Gasteiger partial charge in [-0.2, -0.15) is 11.8 Å². The Kier molecular flexibility index (Phi) is 6.00. The number of aryl methyl sites for hydroxylation is 1. The predicted octanol–water partition coefficient (Wildman–Crippen LogP) is 2.75. The van der Waals surface area contributed by atoms with Crippen LogP contribution in [0.2, 0.25) is 0 Å². The Balaban J connectivity index is 2.85. The third-order valence-electron chi connectivity index (χ3n) is 3.40. The normalized spacial score (nSPS) is 11.4. The number of aromatic nitrogens is 2. The number of hydrogen-bond donors (Lipinski definition) is 2. The van der Waals surface area contributed by atoms with E-state index in [4.69, 9.17) is 18.0 Å². The third kappa shape index (κ3) is 4.31. The summed E-state index contributed by atoms with van der Waals surface area (Å²) < 4.78 is 0.219. The highest BCUT2D eigenvalue weighted by molar-refractivity contribution is 8.00. The molecule has 0 fully saturated rings. The fourth-order valence-electron chi connectivity index (χ4n) is 1.87. The minimum absolute atomic E-state index is 0.219. The highest BCUT2D eigenvalue weighted by atomic mass is 32.2. The van der Waals surface area contributed by atoms with E-state index in [-0.39, 0.29) is 4.75 Å². The molecule has 1 rings (SSSR count). The molecule has 19 heavy (non-hydrogen) atoms. The van der Waals surface area contributed by atoms with Crippen LogP contribution < -0.4 is 11.1 Å².